The molecule has 0 spiro atoms. The molecule has 124 valence electrons. The van der Waals surface area contributed by atoms with Crippen LogP contribution in [0.5, 0.6) is 5.75 Å². The molecule has 1 aromatic carbocycles. The minimum atomic E-state index is -0.188. The molecule has 0 saturated carbocycles. The highest BCUT2D eigenvalue weighted by Gasteiger charge is 2.28. The van der Waals surface area contributed by atoms with Crippen molar-refractivity contribution in [2.45, 2.75) is 32.6 Å². The molecule has 0 bridgehead atoms. The summed E-state index contributed by atoms with van der Waals surface area (Å²) in [4.78, 5) is 35.9. The standard InChI is InChI=1S/C17H22N2O4/c1-12-3-4-14(23-2)13(11-12)7-9-18-15(20)8-10-19-16(21)5-6-17(19)22/h3-4,11H,5-10H2,1-2H3,(H,18,20). The fourth-order valence-electron chi connectivity index (χ4n) is 2.61. The number of nitrogens with one attached hydrogen (secondary N) is 1. The van der Waals surface area contributed by atoms with Crippen LogP contribution in [-0.4, -0.2) is 42.8 Å². The van der Waals surface area contributed by atoms with E-state index in [1.54, 1.807) is 7.11 Å². The lowest BCUT2D eigenvalue weighted by molar-refractivity contribution is -0.138. The first-order valence-corrected chi connectivity index (χ1v) is 7.74. The fourth-order valence-corrected chi connectivity index (χ4v) is 2.61. The van der Waals surface area contributed by atoms with Crippen molar-refractivity contribution in [3.05, 3.63) is 29.3 Å². The van der Waals surface area contributed by atoms with Gasteiger partial charge in [-0.15, -0.1) is 0 Å². The second kappa shape index (κ2) is 7.76. The van der Waals surface area contributed by atoms with E-state index < -0.39 is 0 Å². The number of carbonyl (C=O) groups is 3. The number of amides is 3. The highest BCUT2D eigenvalue weighted by Crippen LogP contribution is 2.19. The maximum Gasteiger partial charge on any atom is 0.229 e. The molecule has 1 aromatic rings. The highest BCUT2D eigenvalue weighted by atomic mass is 16.5. The second-order valence-corrected chi connectivity index (χ2v) is 5.60. The van der Waals surface area contributed by atoms with Crippen molar-refractivity contribution in [1.82, 2.24) is 10.2 Å². The van der Waals surface area contributed by atoms with E-state index in [0.29, 0.717) is 13.0 Å². The maximum absolute atomic E-state index is 11.8. The van der Waals surface area contributed by atoms with Crippen molar-refractivity contribution in [2.24, 2.45) is 0 Å². The first-order chi connectivity index (χ1) is 11.0. The summed E-state index contributed by atoms with van der Waals surface area (Å²) in [5.74, 6) is 0.266. The Labute approximate surface area is 135 Å². The van der Waals surface area contributed by atoms with Gasteiger partial charge in [-0.2, -0.15) is 0 Å². The molecular weight excluding hydrogens is 296 g/mol. The van der Waals surface area contributed by atoms with E-state index in [2.05, 4.69) is 5.32 Å². The topological polar surface area (TPSA) is 75.7 Å². The predicted molar refractivity (Wildman–Crippen MR) is 85.0 cm³/mol. The van der Waals surface area contributed by atoms with E-state index in [1.807, 2.05) is 25.1 Å². The van der Waals surface area contributed by atoms with Crippen molar-refractivity contribution < 1.29 is 19.1 Å². The minimum Gasteiger partial charge on any atom is -0.496 e. The fraction of sp³-hybridized carbons (Fsp3) is 0.471. The summed E-state index contributed by atoms with van der Waals surface area (Å²) in [6, 6.07) is 5.93. The molecule has 1 aliphatic heterocycles. The van der Waals surface area contributed by atoms with Gasteiger partial charge in [0, 0.05) is 32.4 Å². The summed E-state index contributed by atoms with van der Waals surface area (Å²) >= 11 is 0. The number of nitrogens with zero attached hydrogens (tertiary/aromatic N) is 1. The van der Waals surface area contributed by atoms with E-state index in [4.69, 9.17) is 4.74 Å². The number of ether oxygens (including phenoxy) is 1. The van der Waals surface area contributed by atoms with Gasteiger partial charge in [0.2, 0.25) is 17.7 Å². The third kappa shape index (κ3) is 4.55. The number of hydrogen-bond acceptors (Lipinski definition) is 4. The van der Waals surface area contributed by atoms with Crippen LogP contribution >= 0.6 is 0 Å². The van der Waals surface area contributed by atoms with Crippen molar-refractivity contribution in [3.63, 3.8) is 0 Å². The lowest BCUT2D eigenvalue weighted by Gasteiger charge is -2.13. The van der Waals surface area contributed by atoms with E-state index in [-0.39, 0.29) is 43.5 Å². The van der Waals surface area contributed by atoms with Gasteiger partial charge >= 0.3 is 0 Å². The summed E-state index contributed by atoms with van der Waals surface area (Å²) in [5.41, 5.74) is 2.18. The van der Waals surface area contributed by atoms with E-state index >= 15 is 0 Å². The first-order valence-electron chi connectivity index (χ1n) is 7.74. The quantitative estimate of drug-likeness (QED) is 0.767. The summed E-state index contributed by atoms with van der Waals surface area (Å²) < 4.78 is 5.30. The molecule has 2 rings (SSSR count). The average Bonchev–Trinajstić information content (AvgIpc) is 2.84. The SMILES string of the molecule is COc1ccc(C)cc1CCNC(=O)CCN1C(=O)CCC1=O. The number of benzene rings is 1. The van der Waals surface area contributed by atoms with Crippen LogP contribution in [0.4, 0.5) is 0 Å². The molecule has 0 aromatic heterocycles. The van der Waals surface area contributed by atoms with Gasteiger partial charge in [0.25, 0.3) is 0 Å². The molecule has 1 heterocycles. The molecule has 1 fully saturated rings. The van der Waals surface area contributed by atoms with E-state index in [0.717, 1.165) is 16.9 Å². The number of imide groups is 1. The zero-order valence-corrected chi connectivity index (χ0v) is 13.6. The molecule has 0 aliphatic carbocycles. The van der Waals surface area contributed by atoms with Crippen LogP contribution in [0.25, 0.3) is 0 Å². The maximum atomic E-state index is 11.8. The number of hydrogen-bond donors (Lipinski definition) is 1. The largest absolute Gasteiger partial charge is 0.496 e. The van der Waals surface area contributed by atoms with Gasteiger partial charge in [-0.25, -0.2) is 0 Å². The van der Waals surface area contributed by atoms with Gasteiger partial charge in [0.15, 0.2) is 0 Å². The molecule has 1 saturated heterocycles. The Morgan fingerprint density at radius 3 is 2.61 bits per heavy atom. The Hall–Kier alpha value is -2.37. The highest BCUT2D eigenvalue weighted by molar-refractivity contribution is 6.02. The number of methoxy groups -OCH3 is 1. The van der Waals surface area contributed by atoms with Gasteiger partial charge in [-0.3, -0.25) is 19.3 Å². The van der Waals surface area contributed by atoms with Gasteiger partial charge in [-0.1, -0.05) is 17.7 Å². The third-order valence-corrected chi connectivity index (χ3v) is 3.87. The Kier molecular flexibility index (Phi) is 5.73. The van der Waals surface area contributed by atoms with Crippen molar-refractivity contribution in [2.75, 3.05) is 20.2 Å². The normalized spacial score (nSPS) is 14.3. The summed E-state index contributed by atoms with van der Waals surface area (Å²) in [6.07, 6.45) is 1.32. The Balaban J connectivity index is 1.76. The number of carbonyl (C=O) groups excluding carboxylic acids is 3. The smallest absolute Gasteiger partial charge is 0.229 e. The zero-order chi connectivity index (χ0) is 16.8. The molecule has 6 nitrogen and oxygen atoms in total. The second-order valence-electron chi connectivity index (χ2n) is 5.60. The van der Waals surface area contributed by atoms with Crippen LogP contribution in [0.3, 0.4) is 0 Å². The van der Waals surface area contributed by atoms with Gasteiger partial charge in [0.05, 0.1) is 7.11 Å². The number of aryl methyl sites for hydroxylation is 1. The summed E-state index contributed by atoms with van der Waals surface area (Å²) in [7, 11) is 1.62. The van der Waals surface area contributed by atoms with Crippen LogP contribution in [0.15, 0.2) is 18.2 Å². The number of rotatable bonds is 7. The lowest BCUT2D eigenvalue weighted by Crippen LogP contribution is -2.34. The van der Waals surface area contributed by atoms with Crippen molar-refractivity contribution in [1.29, 1.82) is 0 Å². The Morgan fingerprint density at radius 1 is 1.26 bits per heavy atom. The van der Waals surface area contributed by atoms with Crippen LogP contribution in [0.1, 0.15) is 30.4 Å². The molecular formula is C17H22N2O4. The summed E-state index contributed by atoms with van der Waals surface area (Å²) in [6.45, 7) is 2.66. The van der Waals surface area contributed by atoms with Gasteiger partial charge < -0.3 is 10.1 Å². The summed E-state index contributed by atoms with van der Waals surface area (Å²) in [5, 5.41) is 2.81. The Morgan fingerprint density at radius 2 is 1.96 bits per heavy atom. The van der Waals surface area contributed by atoms with Crippen LogP contribution in [0.2, 0.25) is 0 Å². The average molecular weight is 318 g/mol. The van der Waals surface area contributed by atoms with E-state index in [1.165, 1.54) is 4.90 Å². The van der Waals surface area contributed by atoms with Gasteiger partial charge in [-0.05, 0) is 25.0 Å². The molecule has 1 N–H and O–H groups in total. The van der Waals surface area contributed by atoms with E-state index in [9.17, 15) is 14.4 Å². The van der Waals surface area contributed by atoms with Gasteiger partial charge in [0.1, 0.15) is 5.75 Å². The van der Waals surface area contributed by atoms with Crippen LogP contribution in [0, 0.1) is 6.92 Å². The first kappa shape index (κ1) is 17.0. The number of likely N-dealkylation sites (tertiary alicyclic amines) is 1. The molecule has 0 unspecified atom stereocenters. The molecule has 0 atom stereocenters. The van der Waals surface area contributed by atoms with Crippen LogP contribution in [-0.2, 0) is 20.8 Å². The lowest BCUT2D eigenvalue weighted by atomic mass is 10.1. The molecule has 0 radical (unpaired) electrons. The Bertz CT molecular complexity index is 597. The third-order valence-electron chi connectivity index (χ3n) is 3.87. The molecule has 6 heteroatoms. The monoisotopic (exact) mass is 318 g/mol. The molecule has 23 heavy (non-hydrogen) atoms. The van der Waals surface area contributed by atoms with Crippen molar-refractivity contribution in [3.8, 4) is 5.75 Å². The zero-order valence-electron chi connectivity index (χ0n) is 13.6. The van der Waals surface area contributed by atoms with Crippen LogP contribution < -0.4 is 10.1 Å². The molecule has 3 amide bonds. The molecule has 1 aliphatic rings. The van der Waals surface area contributed by atoms with Crippen molar-refractivity contribution >= 4 is 17.7 Å². The predicted octanol–water partition coefficient (Wildman–Crippen LogP) is 1.20. The minimum absolute atomic E-state index is 0.141.